The summed E-state index contributed by atoms with van der Waals surface area (Å²) >= 11 is 12.8. The van der Waals surface area contributed by atoms with Gasteiger partial charge in [-0.25, -0.2) is 0 Å². The lowest BCUT2D eigenvalue weighted by Gasteiger charge is -2.08. The Balaban J connectivity index is 2.28. The van der Waals surface area contributed by atoms with Gasteiger partial charge in [0.05, 0.1) is 10.7 Å². The molecule has 98 valence electrons. The summed E-state index contributed by atoms with van der Waals surface area (Å²) in [6.07, 6.45) is 0. The van der Waals surface area contributed by atoms with Crippen molar-refractivity contribution in [2.75, 3.05) is 5.32 Å². The predicted molar refractivity (Wildman–Crippen MR) is 86.0 cm³/mol. The first-order valence-electron chi connectivity index (χ1n) is 5.49. The van der Waals surface area contributed by atoms with Crippen LogP contribution in [-0.4, -0.2) is 5.91 Å². The molecule has 0 aliphatic carbocycles. The monoisotopic (exact) mass is 401 g/mol. The van der Waals surface area contributed by atoms with Crippen LogP contribution < -0.4 is 5.32 Å². The minimum atomic E-state index is -0.190. The normalized spacial score (nSPS) is 10.3. The highest BCUT2D eigenvalue weighted by atomic mass is 79.9. The molecule has 0 saturated carbocycles. The number of rotatable bonds is 2. The van der Waals surface area contributed by atoms with Crippen LogP contribution in [0.4, 0.5) is 5.69 Å². The molecule has 19 heavy (non-hydrogen) atoms. The van der Waals surface area contributed by atoms with Crippen LogP contribution in [0.25, 0.3) is 0 Å². The molecule has 2 rings (SSSR count). The Morgan fingerprint density at radius 3 is 2.53 bits per heavy atom. The Morgan fingerprint density at radius 1 is 1.11 bits per heavy atom. The molecule has 0 atom stereocenters. The number of amides is 1. The fourth-order valence-electron chi connectivity index (χ4n) is 1.66. The van der Waals surface area contributed by atoms with E-state index >= 15 is 0 Å². The molecule has 5 heteroatoms. The number of anilines is 1. The SMILES string of the molecule is Cc1cc(Br)cc(C(=O)Nc2cc(Br)ccc2Cl)c1. The van der Waals surface area contributed by atoms with Gasteiger partial charge in [-0.3, -0.25) is 4.79 Å². The van der Waals surface area contributed by atoms with Gasteiger partial charge in [-0.15, -0.1) is 0 Å². The maximum atomic E-state index is 12.2. The van der Waals surface area contributed by atoms with Gasteiger partial charge < -0.3 is 5.32 Å². The summed E-state index contributed by atoms with van der Waals surface area (Å²) in [5, 5.41) is 3.30. The molecule has 0 aliphatic heterocycles. The Hall–Kier alpha value is -0.840. The summed E-state index contributed by atoms with van der Waals surface area (Å²) in [7, 11) is 0. The van der Waals surface area contributed by atoms with Crippen molar-refractivity contribution in [1.29, 1.82) is 0 Å². The summed E-state index contributed by atoms with van der Waals surface area (Å²) in [6, 6.07) is 10.9. The zero-order valence-electron chi connectivity index (χ0n) is 10.0. The highest BCUT2D eigenvalue weighted by Crippen LogP contribution is 2.26. The second-order valence-corrected chi connectivity index (χ2v) is 6.33. The zero-order valence-corrected chi connectivity index (χ0v) is 13.9. The summed E-state index contributed by atoms with van der Waals surface area (Å²) in [6.45, 7) is 1.94. The van der Waals surface area contributed by atoms with E-state index in [4.69, 9.17) is 11.6 Å². The van der Waals surface area contributed by atoms with E-state index in [0.717, 1.165) is 14.5 Å². The standard InChI is InChI=1S/C14H10Br2ClNO/c1-8-4-9(6-11(16)5-8)14(19)18-13-7-10(15)2-3-12(13)17/h2-7H,1H3,(H,18,19). The van der Waals surface area contributed by atoms with Crippen molar-refractivity contribution in [3.63, 3.8) is 0 Å². The third-order valence-electron chi connectivity index (χ3n) is 2.48. The molecule has 2 nitrogen and oxygen atoms in total. The first-order chi connectivity index (χ1) is 8.95. The van der Waals surface area contributed by atoms with E-state index in [9.17, 15) is 4.79 Å². The number of nitrogens with one attached hydrogen (secondary N) is 1. The molecule has 0 aromatic heterocycles. The lowest BCUT2D eigenvalue weighted by molar-refractivity contribution is 0.102. The van der Waals surface area contributed by atoms with Crippen LogP contribution in [0.15, 0.2) is 45.3 Å². The topological polar surface area (TPSA) is 29.1 Å². The molecule has 0 unspecified atom stereocenters. The summed E-state index contributed by atoms with van der Waals surface area (Å²) in [5.41, 5.74) is 2.18. The van der Waals surface area contributed by atoms with Crippen molar-refractivity contribution in [1.82, 2.24) is 0 Å². The Kier molecular flexibility index (Phi) is 4.66. The Labute approximate surface area is 133 Å². The van der Waals surface area contributed by atoms with Gasteiger partial charge in [-0.1, -0.05) is 43.5 Å². The molecular formula is C14H10Br2ClNO. The molecule has 1 amide bonds. The van der Waals surface area contributed by atoms with Crippen molar-refractivity contribution >= 4 is 55.1 Å². The van der Waals surface area contributed by atoms with Gasteiger partial charge in [0.25, 0.3) is 5.91 Å². The molecule has 0 heterocycles. The van der Waals surface area contributed by atoms with Crippen molar-refractivity contribution in [2.45, 2.75) is 6.92 Å². The highest BCUT2D eigenvalue weighted by molar-refractivity contribution is 9.10. The number of hydrogen-bond acceptors (Lipinski definition) is 1. The first-order valence-corrected chi connectivity index (χ1v) is 7.46. The third-order valence-corrected chi connectivity index (χ3v) is 3.76. The van der Waals surface area contributed by atoms with Crippen LogP contribution in [0.5, 0.6) is 0 Å². The molecule has 0 spiro atoms. The lowest BCUT2D eigenvalue weighted by atomic mass is 10.1. The Morgan fingerprint density at radius 2 is 1.84 bits per heavy atom. The molecule has 2 aromatic carbocycles. The van der Waals surface area contributed by atoms with Gasteiger partial charge in [0.15, 0.2) is 0 Å². The van der Waals surface area contributed by atoms with Crippen LogP contribution in [0.1, 0.15) is 15.9 Å². The predicted octanol–water partition coefficient (Wildman–Crippen LogP) is 5.43. The second kappa shape index (κ2) is 6.07. The first kappa shape index (κ1) is 14.6. The van der Waals surface area contributed by atoms with E-state index in [-0.39, 0.29) is 5.91 Å². The molecule has 0 aliphatic rings. The van der Waals surface area contributed by atoms with Crippen molar-refractivity contribution < 1.29 is 4.79 Å². The summed E-state index contributed by atoms with van der Waals surface area (Å²) in [5.74, 6) is -0.190. The minimum Gasteiger partial charge on any atom is -0.321 e. The molecule has 1 N–H and O–H groups in total. The fourth-order valence-corrected chi connectivity index (χ4v) is 2.79. The van der Waals surface area contributed by atoms with Gasteiger partial charge in [0.1, 0.15) is 0 Å². The van der Waals surface area contributed by atoms with Gasteiger partial charge >= 0.3 is 0 Å². The van der Waals surface area contributed by atoms with E-state index < -0.39 is 0 Å². The largest absolute Gasteiger partial charge is 0.321 e. The molecule has 0 radical (unpaired) electrons. The van der Waals surface area contributed by atoms with Crippen LogP contribution >= 0.6 is 43.5 Å². The zero-order chi connectivity index (χ0) is 14.0. The van der Waals surface area contributed by atoms with Crippen LogP contribution in [0.3, 0.4) is 0 Å². The quantitative estimate of drug-likeness (QED) is 0.712. The van der Waals surface area contributed by atoms with Crippen molar-refractivity contribution in [2.24, 2.45) is 0 Å². The summed E-state index contributed by atoms with van der Waals surface area (Å²) in [4.78, 5) is 12.2. The minimum absolute atomic E-state index is 0.190. The van der Waals surface area contributed by atoms with Gasteiger partial charge in [0, 0.05) is 14.5 Å². The average molecular weight is 404 g/mol. The number of hydrogen-bond donors (Lipinski definition) is 1. The number of benzene rings is 2. The average Bonchev–Trinajstić information content (AvgIpc) is 2.32. The lowest BCUT2D eigenvalue weighted by Crippen LogP contribution is -2.12. The van der Waals surface area contributed by atoms with E-state index in [1.165, 1.54) is 0 Å². The summed E-state index contributed by atoms with van der Waals surface area (Å²) < 4.78 is 1.73. The second-order valence-electron chi connectivity index (χ2n) is 4.10. The van der Waals surface area contributed by atoms with E-state index in [0.29, 0.717) is 16.3 Å². The smallest absolute Gasteiger partial charge is 0.255 e. The van der Waals surface area contributed by atoms with Crippen LogP contribution in [0.2, 0.25) is 5.02 Å². The van der Waals surface area contributed by atoms with E-state index in [2.05, 4.69) is 37.2 Å². The maximum absolute atomic E-state index is 12.2. The number of carbonyl (C=O) groups excluding carboxylic acids is 1. The maximum Gasteiger partial charge on any atom is 0.255 e. The molecule has 2 aromatic rings. The number of halogens is 3. The van der Waals surface area contributed by atoms with E-state index in [1.807, 2.05) is 25.1 Å². The molecule has 0 saturated heterocycles. The highest BCUT2D eigenvalue weighted by Gasteiger charge is 2.10. The van der Waals surface area contributed by atoms with E-state index in [1.54, 1.807) is 18.2 Å². The number of aryl methyl sites for hydroxylation is 1. The molecule has 0 fully saturated rings. The third kappa shape index (κ3) is 3.81. The number of carbonyl (C=O) groups is 1. The Bertz CT molecular complexity index is 623. The van der Waals surface area contributed by atoms with Gasteiger partial charge in [-0.05, 0) is 48.9 Å². The molecular weight excluding hydrogens is 393 g/mol. The fraction of sp³-hybridized carbons (Fsp3) is 0.0714. The van der Waals surface area contributed by atoms with Crippen LogP contribution in [0, 0.1) is 6.92 Å². The van der Waals surface area contributed by atoms with Gasteiger partial charge in [-0.2, -0.15) is 0 Å². The van der Waals surface area contributed by atoms with Crippen LogP contribution in [-0.2, 0) is 0 Å². The van der Waals surface area contributed by atoms with Crippen molar-refractivity contribution in [3.05, 3.63) is 61.5 Å². The van der Waals surface area contributed by atoms with Gasteiger partial charge in [0.2, 0.25) is 0 Å². The van der Waals surface area contributed by atoms with Crippen molar-refractivity contribution in [3.8, 4) is 0 Å². The molecule has 0 bridgehead atoms.